The smallest absolute Gasteiger partial charge is 0.195 e. The standard InChI is InChI=1S/C17H20N6OS2/c25-17-20-19-16(23(17)8-4-7-22-9-11-24-12-10-22)15-14(18-21-26-15)13-5-2-1-3-6-13/h1-3,5-6H,4,7-12H2,(H,20,25). The lowest BCUT2D eigenvalue weighted by atomic mass is 10.1. The summed E-state index contributed by atoms with van der Waals surface area (Å²) in [6.07, 6.45) is 1.01. The maximum atomic E-state index is 5.45. The van der Waals surface area contributed by atoms with Gasteiger partial charge in [-0.1, -0.05) is 34.8 Å². The number of ether oxygens (including phenoxy) is 1. The normalized spacial score (nSPS) is 15.4. The predicted octanol–water partition coefficient (Wildman–Crippen LogP) is 2.85. The number of hydrogen-bond acceptors (Lipinski definition) is 7. The molecule has 0 amide bonds. The second-order valence-electron chi connectivity index (χ2n) is 6.13. The van der Waals surface area contributed by atoms with Crippen LogP contribution in [0.1, 0.15) is 6.42 Å². The topological polar surface area (TPSA) is 71.9 Å². The van der Waals surface area contributed by atoms with E-state index in [-0.39, 0.29) is 0 Å². The Balaban J connectivity index is 1.54. The first kappa shape index (κ1) is 17.5. The van der Waals surface area contributed by atoms with Gasteiger partial charge in [-0.2, -0.15) is 5.10 Å². The van der Waals surface area contributed by atoms with Crippen molar-refractivity contribution in [1.82, 2.24) is 29.3 Å². The van der Waals surface area contributed by atoms with Gasteiger partial charge in [0.2, 0.25) is 0 Å². The third-order valence-corrected chi connectivity index (χ3v) is 5.49. The summed E-state index contributed by atoms with van der Waals surface area (Å²) < 4.78 is 12.2. The Morgan fingerprint density at radius 3 is 2.77 bits per heavy atom. The first-order valence-corrected chi connectivity index (χ1v) is 9.84. The van der Waals surface area contributed by atoms with Crippen LogP contribution < -0.4 is 0 Å². The Bertz CT molecular complexity index is 897. The number of rotatable bonds is 6. The van der Waals surface area contributed by atoms with Crippen molar-refractivity contribution in [1.29, 1.82) is 0 Å². The molecule has 3 aromatic rings. The molecule has 136 valence electrons. The fourth-order valence-electron chi connectivity index (χ4n) is 3.10. The minimum absolute atomic E-state index is 0.634. The van der Waals surface area contributed by atoms with Crippen LogP contribution >= 0.6 is 23.8 Å². The molecule has 0 spiro atoms. The van der Waals surface area contributed by atoms with Gasteiger partial charge >= 0.3 is 0 Å². The van der Waals surface area contributed by atoms with Crippen LogP contribution in [-0.2, 0) is 11.3 Å². The van der Waals surface area contributed by atoms with E-state index in [4.69, 9.17) is 17.0 Å². The number of H-pyrrole nitrogens is 1. The Kier molecular flexibility index (Phi) is 5.49. The monoisotopic (exact) mass is 388 g/mol. The van der Waals surface area contributed by atoms with Crippen molar-refractivity contribution in [2.45, 2.75) is 13.0 Å². The molecule has 3 heterocycles. The Hall–Kier alpha value is -1.94. The molecule has 0 atom stereocenters. The number of nitrogens with zero attached hydrogens (tertiary/aromatic N) is 5. The van der Waals surface area contributed by atoms with Gasteiger partial charge in [0, 0.05) is 31.7 Å². The molecule has 2 aromatic heterocycles. The van der Waals surface area contributed by atoms with Crippen LogP contribution in [0.25, 0.3) is 22.0 Å². The maximum absolute atomic E-state index is 5.45. The second kappa shape index (κ2) is 8.17. The zero-order chi connectivity index (χ0) is 17.8. The van der Waals surface area contributed by atoms with Crippen molar-refractivity contribution >= 4 is 23.8 Å². The van der Waals surface area contributed by atoms with E-state index in [9.17, 15) is 0 Å². The van der Waals surface area contributed by atoms with Crippen molar-refractivity contribution < 1.29 is 4.74 Å². The molecule has 0 unspecified atom stereocenters. The maximum Gasteiger partial charge on any atom is 0.195 e. The van der Waals surface area contributed by atoms with Gasteiger partial charge in [0.15, 0.2) is 10.6 Å². The highest BCUT2D eigenvalue weighted by Crippen LogP contribution is 2.32. The van der Waals surface area contributed by atoms with Gasteiger partial charge in [-0.25, -0.2) is 0 Å². The van der Waals surface area contributed by atoms with Gasteiger partial charge in [-0.05, 0) is 30.2 Å². The van der Waals surface area contributed by atoms with Crippen molar-refractivity contribution in [2.75, 3.05) is 32.8 Å². The highest BCUT2D eigenvalue weighted by atomic mass is 32.1. The van der Waals surface area contributed by atoms with Crippen molar-refractivity contribution in [2.24, 2.45) is 0 Å². The minimum Gasteiger partial charge on any atom is -0.379 e. The molecule has 26 heavy (non-hydrogen) atoms. The lowest BCUT2D eigenvalue weighted by molar-refractivity contribution is 0.0369. The van der Waals surface area contributed by atoms with E-state index in [0.717, 1.165) is 67.8 Å². The van der Waals surface area contributed by atoms with Crippen LogP contribution in [0.3, 0.4) is 0 Å². The van der Waals surface area contributed by atoms with E-state index in [0.29, 0.717) is 4.77 Å². The molecule has 7 nitrogen and oxygen atoms in total. The number of morpholine rings is 1. The van der Waals surface area contributed by atoms with Crippen molar-refractivity contribution in [3.63, 3.8) is 0 Å². The molecule has 9 heteroatoms. The fourth-order valence-corrected chi connectivity index (χ4v) is 4.01. The van der Waals surface area contributed by atoms with Gasteiger partial charge in [-0.3, -0.25) is 14.6 Å². The number of aromatic amines is 1. The average Bonchev–Trinajstić information content (AvgIpc) is 3.30. The molecule has 1 aliphatic heterocycles. The van der Waals surface area contributed by atoms with E-state index >= 15 is 0 Å². The molecule has 1 N–H and O–H groups in total. The summed E-state index contributed by atoms with van der Waals surface area (Å²) in [4.78, 5) is 3.37. The van der Waals surface area contributed by atoms with Crippen LogP contribution in [0.2, 0.25) is 0 Å². The lowest BCUT2D eigenvalue weighted by Crippen LogP contribution is -2.37. The molecule has 1 fully saturated rings. The van der Waals surface area contributed by atoms with Crippen LogP contribution in [0.4, 0.5) is 0 Å². The molecule has 1 aromatic carbocycles. The fraction of sp³-hybridized carbons (Fsp3) is 0.412. The number of benzene rings is 1. The Labute approximate surface area is 160 Å². The van der Waals surface area contributed by atoms with Crippen molar-refractivity contribution in [3.8, 4) is 22.0 Å². The molecule has 4 rings (SSSR count). The number of aromatic nitrogens is 5. The first-order valence-electron chi connectivity index (χ1n) is 8.66. The van der Waals surface area contributed by atoms with Gasteiger partial charge in [0.05, 0.1) is 13.2 Å². The third-order valence-electron chi connectivity index (χ3n) is 4.46. The molecule has 0 radical (unpaired) electrons. The zero-order valence-corrected chi connectivity index (χ0v) is 15.9. The third kappa shape index (κ3) is 3.75. The highest BCUT2D eigenvalue weighted by Gasteiger charge is 2.18. The predicted molar refractivity (Wildman–Crippen MR) is 104 cm³/mol. The summed E-state index contributed by atoms with van der Waals surface area (Å²) in [6.45, 7) is 5.49. The molecule has 1 aliphatic rings. The molecular weight excluding hydrogens is 368 g/mol. The minimum atomic E-state index is 0.634. The second-order valence-corrected chi connectivity index (χ2v) is 7.27. The summed E-state index contributed by atoms with van der Waals surface area (Å²) in [5, 5.41) is 11.7. The molecular formula is C17H20N6OS2. The van der Waals surface area contributed by atoms with Crippen molar-refractivity contribution in [3.05, 3.63) is 35.1 Å². The quantitative estimate of drug-likeness (QED) is 0.655. The van der Waals surface area contributed by atoms with Crippen LogP contribution in [-0.4, -0.2) is 62.1 Å². The summed E-state index contributed by atoms with van der Waals surface area (Å²) in [5.74, 6) is 0.811. The first-order chi connectivity index (χ1) is 12.8. The number of nitrogens with one attached hydrogen (secondary N) is 1. The summed E-state index contributed by atoms with van der Waals surface area (Å²) in [6, 6.07) is 10.1. The molecule has 1 saturated heterocycles. The van der Waals surface area contributed by atoms with E-state index in [2.05, 4.69) is 29.3 Å². The van der Waals surface area contributed by atoms with Gasteiger partial charge < -0.3 is 4.74 Å². The Morgan fingerprint density at radius 2 is 1.96 bits per heavy atom. The lowest BCUT2D eigenvalue weighted by Gasteiger charge is -2.26. The zero-order valence-electron chi connectivity index (χ0n) is 14.3. The van der Waals surface area contributed by atoms with Gasteiger partial charge in [0.1, 0.15) is 10.6 Å². The largest absolute Gasteiger partial charge is 0.379 e. The van der Waals surface area contributed by atoms with Crippen LogP contribution in [0.15, 0.2) is 30.3 Å². The van der Waals surface area contributed by atoms with E-state index in [1.807, 2.05) is 30.3 Å². The average molecular weight is 389 g/mol. The van der Waals surface area contributed by atoms with Crippen LogP contribution in [0.5, 0.6) is 0 Å². The molecule has 0 aliphatic carbocycles. The van der Waals surface area contributed by atoms with E-state index in [1.54, 1.807) is 0 Å². The number of hydrogen-bond donors (Lipinski definition) is 1. The Morgan fingerprint density at radius 1 is 1.15 bits per heavy atom. The summed E-state index contributed by atoms with van der Waals surface area (Å²) in [7, 11) is 0. The van der Waals surface area contributed by atoms with Crippen LogP contribution in [0, 0.1) is 4.77 Å². The SMILES string of the molecule is S=c1[nH]nc(-c2snnc2-c2ccccc2)n1CCCN1CCOCC1. The summed E-state index contributed by atoms with van der Waals surface area (Å²) >= 11 is 6.80. The molecule has 0 bridgehead atoms. The van der Waals surface area contributed by atoms with Gasteiger partial charge in [-0.15, -0.1) is 5.10 Å². The highest BCUT2D eigenvalue weighted by molar-refractivity contribution is 7.71. The van der Waals surface area contributed by atoms with Gasteiger partial charge in [0.25, 0.3) is 0 Å². The molecule has 0 saturated carbocycles. The summed E-state index contributed by atoms with van der Waals surface area (Å²) in [5.41, 5.74) is 1.88. The van der Waals surface area contributed by atoms with E-state index < -0.39 is 0 Å². The van der Waals surface area contributed by atoms with E-state index in [1.165, 1.54) is 11.5 Å².